The summed E-state index contributed by atoms with van der Waals surface area (Å²) < 4.78 is 2.31. The molecule has 1 aromatic rings. The average molecular weight is 351 g/mol. The third-order valence-electron chi connectivity index (χ3n) is 5.31. The minimum absolute atomic E-state index is 0.190. The number of nitrogens with zero attached hydrogens (tertiary/aromatic N) is 3. The molecule has 3 rings (SSSR count). The van der Waals surface area contributed by atoms with Gasteiger partial charge in [0, 0.05) is 24.3 Å². The Hall–Kier alpha value is -1.04. The first-order valence-corrected chi connectivity index (χ1v) is 10.6. The molecule has 0 aromatic carbocycles. The lowest BCUT2D eigenvalue weighted by Crippen LogP contribution is -2.36. The van der Waals surface area contributed by atoms with Crippen LogP contribution in [0.5, 0.6) is 0 Å². The van der Waals surface area contributed by atoms with Crippen LogP contribution in [0.15, 0.2) is 5.16 Å². The van der Waals surface area contributed by atoms with Crippen molar-refractivity contribution in [3.05, 3.63) is 5.82 Å². The lowest BCUT2D eigenvalue weighted by molar-refractivity contribution is -0.121. The van der Waals surface area contributed by atoms with Crippen molar-refractivity contribution >= 4 is 17.7 Å². The van der Waals surface area contributed by atoms with Crippen molar-refractivity contribution in [3.8, 4) is 0 Å². The fraction of sp³-hybridized carbons (Fsp3) is 0.833. The minimum Gasteiger partial charge on any atom is -0.353 e. The van der Waals surface area contributed by atoms with Crippen LogP contribution in [0.1, 0.15) is 82.5 Å². The van der Waals surface area contributed by atoms with Gasteiger partial charge in [-0.3, -0.25) is 4.79 Å². The van der Waals surface area contributed by atoms with Gasteiger partial charge in [-0.1, -0.05) is 50.3 Å². The Balaban J connectivity index is 1.47. The van der Waals surface area contributed by atoms with Crippen LogP contribution >= 0.6 is 11.8 Å². The van der Waals surface area contributed by atoms with Crippen LogP contribution in [0, 0.1) is 6.92 Å². The van der Waals surface area contributed by atoms with Gasteiger partial charge in [0.2, 0.25) is 5.91 Å². The first-order valence-electron chi connectivity index (χ1n) is 9.57. The molecule has 1 heterocycles. The Morgan fingerprint density at radius 2 is 1.75 bits per heavy atom. The number of hydrogen-bond acceptors (Lipinski definition) is 4. The van der Waals surface area contributed by atoms with Crippen molar-refractivity contribution in [1.29, 1.82) is 0 Å². The maximum atomic E-state index is 12.1. The molecule has 5 nitrogen and oxygen atoms in total. The number of nitrogens with one attached hydrogen (secondary N) is 1. The average Bonchev–Trinajstić information content (AvgIpc) is 2.97. The van der Waals surface area contributed by atoms with Crippen molar-refractivity contribution < 1.29 is 4.79 Å². The van der Waals surface area contributed by atoms with Crippen LogP contribution in [-0.4, -0.2) is 32.5 Å². The van der Waals surface area contributed by atoms with E-state index in [4.69, 9.17) is 0 Å². The minimum atomic E-state index is 0.190. The summed E-state index contributed by atoms with van der Waals surface area (Å²) in [4.78, 5) is 12.1. The van der Waals surface area contributed by atoms with Crippen molar-refractivity contribution in [2.75, 3.05) is 5.75 Å². The zero-order valence-corrected chi connectivity index (χ0v) is 15.6. The van der Waals surface area contributed by atoms with Gasteiger partial charge >= 0.3 is 0 Å². The number of carbonyl (C=O) groups excluding carboxylic acids is 1. The molecular formula is C18H30N4OS. The van der Waals surface area contributed by atoms with E-state index in [1.165, 1.54) is 51.4 Å². The summed E-state index contributed by atoms with van der Waals surface area (Å²) in [5.41, 5.74) is 0. The predicted octanol–water partition coefficient (Wildman–Crippen LogP) is 4.02. The van der Waals surface area contributed by atoms with Gasteiger partial charge in [-0.25, -0.2) is 0 Å². The largest absolute Gasteiger partial charge is 0.353 e. The fourth-order valence-corrected chi connectivity index (χ4v) is 4.98. The second-order valence-corrected chi connectivity index (χ2v) is 8.25. The second kappa shape index (κ2) is 8.88. The molecule has 1 amide bonds. The molecule has 0 spiro atoms. The van der Waals surface area contributed by atoms with Crippen LogP contribution in [0.3, 0.4) is 0 Å². The number of carbonyl (C=O) groups is 1. The van der Waals surface area contributed by atoms with Crippen LogP contribution in [0.25, 0.3) is 0 Å². The Morgan fingerprint density at radius 3 is 2.46 bits per heavy atom. The van der Waals surface area contributed by atoms with Gasteiger partial charge in [-0.05, 0) is 32.6 Å². The molecule has 134 valence electrons. The number of thioether (sulfide) groups is 1. The highest BCUT2D eigenvalue weighted by Gasteiger charge is 2.21. The maximum Gasteiger partial charge on any atom is 0.221 e. The monoisotopic (exact) mass is 350 g/mol. The van der Waals surface area contributed by atoms with Crippen LogP contribution in [-0.2, 0) is 4.79 Å². The molecule has 1 aromatic heterocycles. The van der Waals surface area contributed by atoms with Gasteiger partial charge in [0.15, 0.2) is 5.16 Å². The standard InChI is InChI=1S/C18H30N4OS/c1-14-20-21-18(22(14)16-10-6-3-7-11-16)24-13-12-17(23)19-15-8-4-2-5-9-15/h15-16H,2-13H2,1H3,(H,19,23). The van der Waals surface area contributed by atoms with Gasteiger partial charge < -0.3 is 9.88 Å². The zero-order chi connectivity index (χ0) is 16.8. The molecule has 0 aliphatic heterocycles. The number of amides is 1. The number of aromatic nitrogens is 3. The summed E-state index contributed by atoms with van der Waals surface area (Å²) in [6.07, 6.45) is 13.1. The van der Waals surface area contributed by atoms with Gasteiger partial charge in [0.25, 0.3) is 0 Å². The Morgan fingerprint density at radius 1 is 1.08 bits per heavy atom. The molecule has 0 atom stereocenters. The summed E-state index contributed by atoms with van der Waals surface area (Å²) >= 11 is 1.68. The maximum absolute atomic E-state index is 12.1. The summed E-state index contributed by atoms with van der Waals surface area (Å²) in [6, 6.07) is 0.955. The van der Waals surface area contributed by atoms with E-state index in [-0.39, 0.29) is 5.91 Å². The smallest absolute Gasteiger partial charge is 0.221 e. The highest BCUT2D eigenvalue weighted by atomic mass is 32.2. The summed E-state index contributed by atoms with van der Waals surface area (Å²) in [5.74, 6) is 1.98. The Kier molecular flexibility index (Phi) is 6.58. The van der Waals surface area contributed by atoms with E-state index in [1.807, 2.05) is 6.92 Å². The fourth-order valence-electron chi connectivity index (χ4n) is 3.99. The highest BCUT2D eigenvalue weighted by molar-refractivity contribution is 7.99. The molecule has 0 saturated heterocycles. The van der Waals surface area contributed by atoms with Gasteiger partial charge in [0.1, 0.15) is 5.82 Å². The van der Waals surface area contributed by atoms with Crippen molar-refractivity contribution in [2.24, 2.45) is 0 Å². The number of hydrogen-bond donors (Lipinski definition) is 1. The van der Waals surface area contributed by atoms with Crippen LogP contribution < -0.4 is 5.32 Å². The first-order chi connectivity index (χ1) is 11.7. The van der Waals surface area contributed by atoms with E-state index in [1.54, 1.807) is 11.8 Å². The molecule has 2 aliphatic rings. The van der Waals surface area contributed by atoms with E-state index >= 15 is 0 Å². The number of aryl methyl sites for hydroxylation is 1. The van der Waals surface area contributed by atoms with E-state index in [0.717, 1.165) is 29.6 Å². The molecule has 24 heavy (non-hydrogen) atoms. The van der Waals surface area contributed by atoms with Crippen LogP contribution in [0.4, 0.5) is 0 Å². The second-order valence-electron chi connectivity index (χ2n) is 7.19. The SMILES string of the molecule is Cc1nnc(SCCC(=O)NC2CCCCC2)n1C1CCCCC1. The van der Waals surface area contributed by atoms with E-state index in [9.17, 15) is 4.79 Å². The quantitative estimate of drug-likeness (QED) is 0.787. The molecule has 2 aliphatic carbocycles. The highest BCUT2D eigenvalue weighted by Crippen LogP contribution is 2.32. The Bertz CT molecular complexity index is 533. The molecule has 1 N–H and O–H groups in total. The molecule has 2 saturated carbocycles. The molecule has 6 heteroatoms. The third-order valence-corrected chi connectivity index (χ3v) is 6.25. The van der Waals surface area contributed by atoms with Crippen molar-refractivity contribution in [1.82, 2.24) is 20.1 Å². The molecule has 0 unspecified atom stereocenters. The van der Waals surface area contributed by atoms with Crippen LogP contribution in [0.2, 0.25) is 0 Å². The first kappa shape index (κ1) is 17.8. The lowest BCUT2D eigenvalue weighted by Gasteiger charge is -2.25. The van der Waals surface area contributed by atoms with Crippen molar-refractivity contribution in [3.63, 3.8) is 0 Å². The predicted molar refractivity (Wildman–Crippen MR) is 97.2 cm³/mol. The third kappa shape index (κ3) is 4.74. The molecule has 0 bridgehead atoms. The topological polar surface area (TPSA) is 59.8 Å². The number of rotatable bonds is 6. The van der Waals surface area contributed by atoms with Gasteiger partial charge in [0.05, 0.1) is 0 Å². The summed E-state index contributed by atoms with van der Waals surface area (Å²) in [6.45, 7) is 2.04. The van der Waals surface area contributed by atoms with Gasteiger partial charge in [-0.2, -0.15) is 0 Å². The van der Waals surface area contributed by atoms with E-state index in [2.05, 4.69) is 20.1 Å². The summed E-state index contributed by atoms with van der Waals surface area (Å²) in [5, 5.41) is 12.8. The zero-order valence-electron chi connectivity index (χ0n) is 14.8. The lowest BCUT2D eigenvalue weighted by atomic mass is 9.95. The van der Waals surface area contributed by atoms with E-state index in [0.29, 0.717) is 18.5 Å². The summed E-state index contributed by atoms with van der Waals surface area (Å²) in [7, 11) is 0. The van der Waals surface area contributed by atoms with Gasteiger partial charge in [-0.15, -0.1) is 10.2 Å². The van der Waals surface area contributed by atoms with E-state index < -0.39 is 0 Å². The molecular weight excluding hydrogens is 320 g/mol. The normalized spacial score (nSPS) is 20.2. The van der Waals surface area contributed by atoms with Crippen molar-refractivity contribution in [2.45, 2.75) is 94.8 Å². The Labute approximate surface area is 149 Å². The molecule has 2 fully saturated rings. The molecule has 0 radical (unpaired) electrons.